The predicted molar refractivity (Wildman–Crippen MR) is 147 cm³/mol. The first-order valence-corrected chi connectivity index (χ1v) is 15.2. The first kappa shape index (κ1) is 27.3. The van der Waals surface area contributed by atoms with E-state index in [1.807, 2.05) is 0 Å². The number of rotatable bonds is 4. The summed E-state index contributed by atoms with van der Waals surface area (Å²) < 4.78 is 11.7. The van der Waals surface area contributed by atoms with Gasteiger partial charge in [0.25, 0.3) is 0 Å². The Morgan fingerprint density at radius 3 is 2.19 bits per heavy atom. The van der Waals surface area contributed by atoms with Crippen LogP contribution in [0.4, 0.5) is 0 Å². The molecule has 0 amide bonds. The highest BCUT2D eigenvalue weighted by Crippen LogP contribution is 2.77. The van der Waals surface area contributed by atoms with Gasteiger partial charge in [-0.3, -0.25) is 9.59 Å². The average Bonchev–Trinajstić information content (AvgIpc) is 3.19. The summed E-state index contributed by atoms with van der Waals surface area (Å²) >= 11 is 0. The lowest BCUT2D eigenvalue weighted by Gasteiger charge is -2.73. The highest BCUT2D eigenvalue weighted by molar-refractivity contribution is 5.66. The topological polar surface area (TPSA) is 52.6 Å². The van der Waals surface area contributed by atoms with Crippen LogP contribution < -0.4 is 0 Å². The van der Waals surface area contributed by atoms with Gasteiger partial charge in [-0.25, -0.2) is 0 Å². The fourth-order valence-corrected chi connectivity index (χ4v) is 11.9. The normalized spacial score (nSPS) is 50.0. The maximum absolute atomic E-state index is 11.9. The largest absolute Gasteiger partial charge is 0.465 e. The minimum absolute atomic E-state index is 0.00287. The van der Waals surface area contributed by atoms with E-state index in [2.05, 4.69) is 47.3 Å². The molecule has 0 aromatic rings. The third-order valence-electron chi connectivity index (χ3n) is 13.8. The van der Waals surface area contributed by atoms with E-state index in [1.54, 1.807) is 13.8 Å². The van der Waals surface area contributed by atoms with Crippen molar-refractivity contribution in [1.82, 2.24) is 0 Å². The molecule has 5 saturated carbocycles. The molecule has 5 rings (SSSR count). The van der Waals surface area contributed by atoms with Crippen molar-refractivity contribution < 1.29 is 19.1 Å². The molecule has 0 heterocycles. The summed E-state index contributed by atoms with van der Waals surface area (Å²) in [6.45, 7) is 20.7. The summed E-state index contributed by atoms with van der Waals surface area (Å²) in [4.78, 5) is 23.8. The molecular formula is C33H52O4. The molecule has 0 aromatic heterocycles. The molecule has 0 aromatic carbocycles. The molecule has 5 fully saturated rings. The molecule has 5 aliphatic carbocycles. The minimum atomic E-state index is -0.141. The van der Waals surface area contributed by atoms with Crippen molar-refractivity contribution in [3.05, 3.63) is 12.7 Å². The second kappa shape index (κ2) is 8.85. The van der Waals surface area contributed by atoms with E-state index in [0.717, 1.165) is 12.8 Å². The summed E-state index contributed by atoms with van der Waals surface area (Å²) in [7, 11) is 0. The summed E-state index contributed by atoms with van der Waals surface area (Å²) in [6, 6.07) is 0. The van der Waals surface area contributed by atoms with E-state index in [9.17, 15) is 9.59 Å². The Kier molecular flexibility index (Phi) is 6.52. The van der Waals surface area contributed by atoms with E-state index >= 15 is 0 Å². The summed E-state index contributed by atoms with van der Waals surface area (Å²) in [6.07, 6.45) is 14.2. The van der Waals surface area contributed by atoms with Gasteiger partial charge in [-0.15, -0.1) is 6.58 Å². The lowest BCUT2D eigenvalue weighted by Crippen LogP contribution is -2.67. The molecule has 0 bridgehead atoms. The van der Waals surface area contributed by atoms with Crippen LogP contribution in [-0.2, 0) is 19.1 Å². The molecule has 0 N–H and O–H groups in total. The van der Waals surface area contributed by atoms with Gasteiger partial charge in [-0.1, -0.05) is 40.7 Å². The summed E-state index contributed by atoms with van der Waals surface area (Å²) in [5, 5.41) is 0. The van der Waals surface area contributed by atoms with Crippen LogP contribution in [-0.4, -0.2) is 24.6 Å². The van der Waals surface area contributed by atoms with Crippen LogP contribution in [0.3, 0.4) is 0 Å². The number of hydrogen-bond acceptors (Lipinski definition) is 4. The van der Waals surface area contributed by atoms with E-state index in [-0.39, 0.29) is 39.7 Å². The monoisotopic (exact) mass is 512 g/mol. The number of esters is 2. The zero-order valence-electron chi connectivity index (χ0n) is 24.7. The van der Waals surface area contributed by atoms with Crippen LogP contribution in [0.25, 0.3) is 0 Å². The first-order valence-electron chi connectivity index (χ1n) is 15.2. The van der Waals surface area contributed by atoms with Crippen LogP contribution in [0, 0.1) is 56.7 Å². The number of allylic oxidation sites excluding steroid dienone is 1. The van der Waals surface area contributed by atoms with Crippen LogP contribution in [0.15, 0.2) is 12.7 Å². The average molecular weight is 513 g/mol. The predicted octanol–water partition coefficient (Wildman–Crippen LogP) is 7.75. The van der Waals surface area contributed by atoms with Crippen molar-refractivity contribution in [2.24, 2.45) is 56.7 Å². The smallest absolute Gasteiger partial charge is 0.302 e. The van der Waals surface area contributed by atoms with Crippen LogP contribution in [0.5, 0.6) is 0 Å². The SMILES string of the molecule is C=C[C@H]1CC[C@@]2(COC(C)=O)CC[C@]3(C)[C@H](CC[C@H]4[C@@]5(C)CC[C@@H](OC(C)=O)C(C)(C)[C@H]5CC[C@@]43C)[C@@H]12. The van der Waals surface area contributed by atoms with Gasteiger partial charge in [0.05, 0.1) is 6.61 Å². The van der Waals surface area contributed by atoms with Crippen molar-refractivity contribution in [3.63, 3.8) is 0 Å². The third kappa shape index (κ3) is 3.73. The number of fused-ring (bicyclic) bond motifs is 7. The van der Waals surface area contributed by atoms with Gasteiger partial charge >= 0.3 is 11.9 Å². The van der Waals surface area contributed by atoms with E-state index in [1.165, 1.54) is 51.4 Å². The van der Waals surface area contributed by atoms with Gasteiger partial charge in [-0.2, -0.15) is 0 Å². The maximum Gasteiger partial charge on any atom is 0.302 e. The summed E-state index contributed by atoms with van der Waals surface area (Å²) in [5.41, 5.74) is 0.997. The highest BCUT2D eigenvalue weighted by atomic mass is 16.5. The quantitative estimate of drug-likeness (QED) is 0.285. The van der Waals surface area contributed by atoms with Gasteiger partial charge in [0.1, 0.15) is 6.10 Å². The van der Waals surface area contributed by atoms with Gasteiger partial charge in [-0.05, 0) is 110 Å². The van der Waals surface area contributed by atoms with Gasteiger partial charge in [0.15, 0.2) is 0 Å². The van der Waals surface area contributed by atoms with Crippen molar-refractivity contribution in [1.29, 1.82) is 0 Å². The van der Waals surface area contributed by atoms with E-state index in [4.69, 9.17) is 9.47 Å². The molecular weight excluding hydrogens is 460 g/mol. The molecule has 37 heavy (non-hydrogen) atoms. The van der Waals surface area contributed by atoms with Crippen LogP contribution in [0.1, 0.15) is 113 Å². The number of carbonyl (C=O) groups is 2. The Bertz CT molecular complexity index is 954. The van der Waals surface area contributed by atoms with E-state index < -0.39 is 0 Å². The lowest BCUT2D eigenvalue weighted by molar-refractivity contribution is -0.251. The Morgan fingerprint density at radius 2 is 1.54 bits per heavy atom. The molecule has 0 saturated heterocycles. The number of carbonyl (C=O) groups excluding carboxylic acids is 2. The van der Waals surface area contributed by atoms with Gasteiger partial charge in [0.2, 0.25) is 0 Å². The van der Waals surface area contributed by atoms with Crippen LogP contribution >= 0.6 is 0 Å². The summed E-state index contributed by atoms with van der Waals surface area (Å²) in [5.74, 6) is 2.76. The molecule has 0 spiro atoms. The fourth-order valence-electron chi connectivity index (χ4n) is 11.9. The Labute approximate surface area is 225 Å². The van der Waals surface area contributed by atoms with Crippen LogP contribution in [0.2, 0.25) is 0 Å². The Hall–Kier alpha value is -1.32. The van der Waals surface area contributed by atoms with Gasteiger partial charge < -0.3 is 9.47 Å². The molecule has 208 valence electrons. The maximum atomic E-state index is 11.9. The van der Waals surface area contributed by atoms with Crippen molar-refractivity contribution in [3.8, 4) is 0 Å². The molecule has 10 atom stereocenters. The Balaban J connectivity index is 1.48. The zero-order chi connectivity index (χ0) is 27.0. The lowest BCUT2D eigenvalue weighted by atomic mass is 9.32. The second-order valence-corrected chi connectivity index (χ2v) is 15.2. The zero-order valence-corrected chi connectivity index (χ0v) is 24.7. The second-order valence-electron chi connectivity index (χ2n) is 15.2. The van der Waals surface area contributed by atoms with Crippen molar-refractivity contribution >= 4 is 11.9 Å². The van der Waals surface area contributed by atoms with E-state index in [0.29, 0.717) is 41.6 Å². The number of ether oxygens (including phenoxy) is 2. The Morgan fingerprint density at radius 1 is 0.811 bits per heavy atom. The minimum Gasteiger partial charge on any atom is -0.465 e. The first-order chi connectivity index (χ1) is 17.2. The fraction of sp³-hybridized carbons (Fsp3) is 0.879. The molecule has 0 radical (unpaired) electrons. The molecule has 0 aliphatic heterocycles. The molecule has 5 aliphatic rings. The standard InChI is InChI=1S/C33H52O4/c1-9-23-12-17-33(20-36-21(2)34)19-18-31(7)24(28(23)33)10-11-26-30(6)15-14-27(37-22(3)35)29(4,5)25(30)13-16-32(26,31)8/h9,23-28H,1,10-20H2,2-8H3/t23-,24+,25+,26-,27+,28+,30-,31+,32-,33-/m0/s1. The highest BCUT2D eigenvalue weighted by Gasteiger charge is 2.71. The molecule has 0 unspecified atom stereocenters. The van der Waals surface area contributed by atoms with Crippen molar-refractivity contribution in [2.75, 3.05) is 6.61 Å². The third-order valence-corrected chi connectivity index (χ3v) is 13.8. The molecule has 4 nitrogen and oxygen atoms in total. The number of hydrogen-bond donors (Lipinski definition) is 0. The van der Waals surface area contributed by atoms with Crippen molar-refractivity contribution in [2.45, 2.75) is 119 Å². The van der Waals surface area contributed by atoms with Gasteiger partial charge in [0, 0.05) is 24.7 Å². The molecule has 4 heteroatoms.